The number of nitrogens with one attached hydrogen (secondary N) is 1. The van der Waals surface area contributed by atoms with E-state index in [9.17, 15) is 31.5 Å². The highest BCUT2D eigenvalue weighted by Gasteiger charge is 2.38. The van der Waals surface area contributed by atoms with Crippen molar-refractivity contribution in [2.24, 2.45) is 0 Å². The van der Waals surface area contributed by atoms with Gasteiger partial charge in [0.2, 0.25) is 0 Å². The second kappa shape index (κ2) is 12.5. The van der Waals surface area contributed by atoms with Gasteiger partial charge in [0.1, 0.15) is 6.10 Å². The highest BCUT2D eigenvalue weighted by molar-refractivity contribution is 7.91. The molecule has 2 aliphatic rings. The smallest absolute Gasteiger partial charge is 0.475 e. The van der Waals surface area contributed by atoms with E-state index < -0.39 is 39.7 Å². The third-order valence-corrected chi connectivity index (χ3v) is 8.63. The molecule has 0 saturated carbocycles. The molecule has 2 saturated heterocycles. The molecule has 2 aliphatic heterocycles. The van der Waals surface area contributed by atoms with Gasteiger partial charge in [-0.05, 0) is 60.7 Å². The van der Waals surface area contributed by atoms with Crippen LogP contribution in [0.15, 0.2) is 41.3 Å². The number of piperidine rings is 2. The second-order valence-electron chi connectivity index (χ2n) is 9.41. The fourth-order valence-electron chi connectivity index (χ4n) is 4.63. The number of carboxylic acid groups (broad SMARTS) is 1. The minimum Gasteiger partial charge on any atom is -0.475 e. The molecular weight excluding hydrogens is 563 g/mol. The Kier molecular flexibility index (Phi) is 9.83. The first-order valence-corrected chi connectivity index (χ1v) is 14.2. The van der Waals surface area contributed by atoms with Crippen molar-refractivity contribution < 1.29 is 41.4 Å². The molecule has 39 heavy (non-hydrogen) atoms. The lowest BCUT2D eigenvalue weighted by Gasteiger charge is -2.41. The zero-order chi connectivity index (χ0) is 29.0. The van der Waals surface area contributed by atoms with Crippen molar-refractivity contribution in [2.45, 2.75) is 55.3 Å². The number of carboxylic acids is 1. The van der Waals surface area contributed by atoms with E-state index in [2.05, 4.69) is 4.90 Å². The number of rotatable bonds is 5. The molecule has 2 aromatic carbocycles. The Labute approximate surface area is 228 Å². The summed E-state index contributed by atoms with van der Waals surface area (Å²) in [7, 11) is -3.85. The van der Waals surface area contributed by atoms with Crippen molar-refractivity contribution in [3.8, 4) is 0 Å². The third-order valence-electron chi connectivity index (χ3n) is 6.66. The van der Waals surface area contributed by atoms with E-state index in [1.807, 2.05) is 0 Å². The summed E-state index contributed by atoms with van der Waals surface area (Å²) < 4.78 is 57.4. The SMILES string of the molecule is N=C1CCCCN1C1CCN(C(=O)[C@H](O)CS(=O)(=O)c2ccc3cc(Cl)ccc3c2)CC1.O=C(O)C(F)(F)F. The van der Waals surface area contributed by atoms with Crippen molar-refractivity contribution in [1.82, 2.24) is 9.80 Å². The summed E-state index contributed by atoms with van der Waals surface area (Å²) in [6, 6.07) is 10.1. The molecule has 2 fully saturated rings. The molecule has 0 aliphatic carbocycles. The van der Waals surface area contributed by atoms with Crippen LogP contribution in [0.5, 0.6) is 0 Å². The van der Waals surface area contributed by atoms with Crippen molar-refractivity contribution in [3.05, 3.63) is 41.4 Å². The number of alkyl halides is 3. The second-order valence-corrected chi connectivity index (χ2v) is 11.9. The number of amidine groups is 1. The van der Waals surface area contributed by atoms with E-state index in [1.165, 1.54) is 12.1 Å². The van der Waals surface area contributed by atoms with Gasteiger partial charge < -0.3 is 20.0 Å². The standard InChI is InChI=1S/C23H28ClN3O4S.C2HF3O2/c24-18-6-4-17-14-20(7-5-16(17)13-18)32(30,31)15-21(28)23(29)26-11-8-19(9-12-26)27-10-2-1-3-22(27)25;3-2(4,5)1(6)7/h4-7,13-14,19,21,25,28H,1-3,8-12,15H2;(H,6,7)/t21-;/m1./s1. The topological polar surface area (TPSA) is 139 Å². The number of likely N-dealkylation sites (tertiary alicyclic amines) is 2. The van der Waals surface area contributed by atoms with Crippen LogP contribution in [-0.2, 0) is 19.4 Å². The summed E-state index contributed by atoms with van der Waals surface area (Å²) in [4.78, 5) is 25.4. The summed E-state index contributed by atoms with van der Waals surface area (Å²) in [5.74, 6) is -3.28. The lowest BCUT2D eigenvalue weighted by Crippen LogP contribution is -2.52. The maximum absolute atomic E-state index is 12.8. The fourth-order valence-corrected chi connectivity index (χ4v) is 6.14. The number of aliphatic hydroxyl groups is 1. The molecule has 3 N–H and O–H groups in total. The van der Waals surface area contributed by atoms with Crippen molar-refractivity contribution >= 4 is 49.9 Å². The Morgan fingerprint density at radius 1 is 1.05 bits per heavy atom. The number of halogens is 4. The van der Waals surface area contributed by atoms with Gasteiger partial charge in [-0.25, -0.2) is 13.2 Å². The quantitative estimate of drug-likeness (QED) is 0.482. The number of fused-ring (bicyclic) bond motifs is 1. The van der Waals surface area contributed by atoms with Crippen molar-refractivity contribution in [2.75, 3.05) is 25.4 Å². The normalized spacial score (nSPS) is 17.9. The van der Waals surface area contributed by atoms with Crippen LogP contribution in [0.25, 0.3) is 10.8 Å². The zero-order valence-electron chi connectivity index (χ0n) is 20.8. The summed E-state index contributed by atoms with van der Waals surface area (Å²) in [6.07, 6.45) is -2.30. The lowest BCUT2D eigenvalue weighted by molar-refractivity contribution is -0.192. The van der Waals surface area contributed by atoms with E-state index in [0.29, 0.717) is 23.9 Å². The number of hydrogen-bond donors (Lipinski definition) is 3. The molecule has 2 aromatic rings. The zero-order valence-corrected chi connectivity index (χ0v) is 22.4. The highest BCUT2D eigenvalue weighted by atomic mass is 35.5. The molecule has 214 valence electrons. The van der Waals surface area contributed by atoms with Crippen LogP contribution in [0.2, 0.25) is 5.02 Å². The third kappa shape index (κ3) is 8.05. The number of nitrogens with zero attached hydrogens (tertiary/aromatic N) is 2. The first kappa shape index (κ1) is 30.6. The first-order valence-electron chi connectivity index (χ1n) is 12.2. The van der Waals surface area contributed by atoms with Crippen LogP contribution in [0.1, 0.15) is 32.1 Å². The van der Waals surface area contributed by atoms with Crippen LogP contribution in [0.4, 0.5) is 13.2 Å². The van der Waals surface area contributed by atoms with E-state index >= 15 is 0 Å². The van der Waals surface area contributed by atoms with Gasteiger partial charge in [0.05, 0.1) is 16.5 Å². The summed E-state index contributed by atoms with van der Waals surface area (Å²) in [6.45, 7) is 1.80. The van der Waals surface area contributed by atoms with Crippen LogP contribution in [0, 0.1) is 5.41 Å². The summed E-state index contributed by atoms with van der Waals surface area (Å²) >= 11 is 5.98. The van der Waals surface area contributed by atoms with Gasteiger partial charge in [0, 0.05) is 37.1 Å². The van der Waals surface area contributed by atoms with E-state index in [0.717, 1.165) is 49.4 Å². The first-order chi connectivity index (χ1) is 18.2. The number of carbonyl (C=O) groups is 2. The van der Waals surface area contributed by atoms with E-state index in [-0.39, 0.29) is 10.9 Å². The molecule has 0 radical (unpaired) electrons. The molecule has 9 nitrogen and oxygen atoms in total. The average molecular weight is 592 g/mol. The lowest BCUT2D eigenvalue weighted by atomic mass is 9.99. The van der Waals surface area contributed by atoms with Gasteiger partial charge in [0.25, 0.3) is 5.91 Å². The minimum absolute atomic E-state index is 0.0708. The number of aliphatic carboxylic acids is 1. The number of benzene rings is 2. The summed E-state index contributed by atoms with van der Waals surface area (Å²) in [5.41, 5.74) is 0. The van der Waals surface area contributed by atoms with E-state index in [1.54, 1.807) is 29.2 Å². The van der Waals surface area contributed by atoms with Gasteiger partial charge >= 0.3 is 12.1 Å². The number of sulfone groups is 1. The average Bonchev–Trinajstić information content (AvgIpc) is 2.88. The molecule has 1 amide bonds. The Morgan fingerprint density at radius 3 is 2.23 bits per heavy atom. The fraction of sp³-hybridized carbons (Fsp3) is 0.480. The molecule has 4 rings (SSSR count). The Hall–Kier alpha value is -2.90. The van der Waals surface area contributed by atoms with Crippen LogP contribution >= 0.6 is 11.6 Å². The maximum atomic E-state index is 12.8. The van der Waals surface area contributed by atoms with Crippen molar-refractivity contribution in [3.63, 3.8) is 0 Å². The molecule has 0 aromatic heterocycles. The largest absolute Gasteiger partial charge is 0.490 e. The number of carbonyl (C=O) groups excluding carboxylic acids is 1. The molecule has 0 spiro atoms. The monoisotopic (exact) mass is 591 g/mol. The predicted molar refractivity (Wildman–Crippen MR) is 139 cm³/mol. The molecule has 14 heteroatoms. The Bertz CT molecular complexity index is 1330. The van der Waals surface area contributed by atoms with Crippen LogP contribution < -0.4 is 0 Å². The van der Waals surface area contributed by atoms with Gasteiger partial charge in [-0.3, -0.25) is 10.2 Å². The summed E-state index contributed by atoms with van der Waals surface area (Å²) in [5, 5.41) is 27.8. The maximum Gasteiger partial charge on any atom is 0.490 e. The van der Waals surface area contributed by atoms with Gasteiger partial charge in [-0.15, -0.1) is 0 Å². The van der Waals surface area contributed by atoms with Gasteiger partial charge in [-0.2, -0.15) is 13.2 Å². The van der Waals surface area contributed by atoms with Crippen LogP contribution in [0.3, 0.4) is 0 Å². The molecule has 0 unspecified atom stereocenters. The number of amides is 1. The number of aliphatic hydroxyl groups excluding tert-OH is 1. The predicted octanol–water partition coefficient (Wildman–Crippen LogP) is 3.72. The molecule has 0 bridgehead atoms. The molecule has 1 atom stereocenters. The van der Waals surface area contributed by atoms with E-state index in [4.69, 9.17) is 26.9 Å². The molecule has 2 heterocycles. The minimum atomic E-state index is -5.08. The Balaban J connectivity index is 0.000000532. The van der Waals surface area contributed by atoms with Gasteiger partial charge in [0.15, 0.2) is 9.84 Å². The van der Waals surface area contributed by atoms with Gasteiger partial charge in [-0.1, -0.05) is 23.7 Å². The Morgan fingerprint density at radius 2 is 1.64 bits per heavy atom. The van der Waals surface area contributed by atoms with Crippen LogP contribution in [-0.4, -0.2) is 89.9 Å². The molecular formula is C25H29ClF3N3O6S. The highest BCUT2D eigenvalue weighted by Crippen LogP contribution is 2.25. The van der Waals surface area contributed by atoms with Crippen molar-refractivity contribution in [1.29, 1.82) is 5.41 Å². The number of hydrogen-bond acceptors (Lipinski definition) is 6.